The van der Waals surface area contributed by atoms with Gasteiger partial charge in [-0.15, -0.1) is 0 Å². The zero-order chi connectivity index (χ0) is 12.5. The van der Waals surface area contributed by atoms with Gasteiger partial charge in [0.2, 0.25) is 0 Å². The molecule has 18 heavy (non-hydrogen) atoms. The molecule has 1 fully saturated rings. The van der Waals surface area contributed by atoms with Gasteiger partial charge in [-0.25, -0.2) is 4.98 Å². The largest absolute Gasteiger partial charge is 0.332 e. The molecule has 2 aliphatic rings. The molecule has 1 aliphatic heterocycles. The van der Waals surface area contributed by atoms with Gasteiger partial charge in [0.05, 0.1) is 5.69 Å². The van der Waals surface area contributed by atoms with Crippen molar-refractivity contribution >= 4 is 0 Å². The fraction of sp³-hybridized carbons (Fsp3) is 0.800. The lowest BCUT2D eigenvalue weighted by Crippen LogP contribution is -2.26. The quantitative estimate of drug-likeness (QED) is 0.870. The Morgan fingerprint density at radius 3 is 2.83 bits per heavy atom. The average molecular weight is 247 g/mol. The maximum absolute atomic E-state index is 4.73. The van der Waals surface area contributed by atoms with Gasteiger partial charge < -0.3 is 9.88 Å². The van der Waals surface area contributed by atoms with Crippen LogP contribution in [0.1, 0.15) is 49.8 Å². The minimum Gasteiger partial charge on any atom is -0.332 e. The van der Waals surface area contributed by atoms with Crippen molar-refractivity contribution in [1.82, 2.24) is 14.9 Å². The highest BCUT2D eigenvalue weighted by atomic mass is 15.1. The van der Waals surface area contributed by atoms with Crippen molar-refractivity contribution < 1.29 is 0 Å². The molecule has 1 aliphatic carbocycles. The van der Waals surface area contributed by atoms with Crippen LogP contribution in [0.5, 0.6) is 0 Å². The van der Waals surface area contributed by atoms with Gasteiger partial charge in [0, 0.05) is 31.7 Å². The van der Waals surface area contributed by atoms with Crippen molar-refractivity contribution in [2.75, 3.05) is 6.54 Å². The summed E-state index contributed by atoms with van der Waals surface area (Å²) in [5.41, 5.74) is 2.80. The predicted molar refractivity (Wildman–Crippen MR) is 73.5 cm³/mol. The summed E-state index contributed by atoms with van der Waals surface area (Å²) in [6, 6.07) is 0. The van der Waals surface area contributed by atoms with Crippen molar-refractivity contribution in [3.8, 4) is 0 Å². The Balaban J connectivity index is 1.74. The van der Waals surface area contributed by atoms with Crippen molar-refractivity contribution in [2.24, 2.45) is 11.8 Å². The number of aryl methyl sites for hydroxylation is 1. The average Bonchev–Trinajstić information content (AvgIpc) is 2.69. The van der Waals surface area contributed by atoms with Gasteiger partial charge in [0.1, 0.15) is 5.82 Å². The lowest BCUT2D eigenvalue weighted by molar-refractivity contribution is 0.261. The Morgan fingerprint density at radius 2 is 2.06 bits per heavy atom. The first-order chi connectivity index (χ1) is 8.74. The molecule has 0 amide bonds. The Morgan fingerprint density at radius 1 is 1.28 bits per heavy atom. The Labute approximate surface area is 110 Å². The lowest BCUT2D eigenvalue weighted by atomic mass is 9.83. The second-order valence-electron chi connectivity index (χ2n) is 6.22. The van der Waals surface area contributed by atoms with Crippen LogP contribution in [0.2, 0.25) is 0 Å². The summed E-state index contributed by atoms with van der Waals surface area (Å²) >= 11 is 0. The predicted octanol–water partition coefficient (Wildman–Crippen LogP) is 2.66. The van der Waals surface area contributed by atoms with E-state index in [1.165, 1.54) is 49.4 Å². The van der Waals surface area contributed by atoms with E-state index < -0.39 is 0 Å². The molecule has 0 radical (unpaired) electrons. The first kappa shape index (κ1) is 12.2. The summed E-state index contributed by atoms with van der Waals surface area (Å²) in [5, 5.41) is 3.42. The van der Waals surface area contributed by atoms with E-state index in [1.54, 1.807) is 0 Å². The van der Waals surface area contributed by atoms with Gasteiger partial charge in [-0.3, -0.25) is 0 Å². The fourth-order valence-corrected chi connectivity index (χ4v) is 3.52. The first-order valence-electron chi connectivity index (χ1n) is 7.49. The zero-order valence-electron chi connectivity index (χ0n) is 11.7. The minimum absolute atomic E-state index is 0.882. The molecule has 100 valence electrons. The van der Waals surface area contributed by atoms with E-state index in [9.17, 15) is 0 Å². The van der Waals surface area contributed by atoms with Gasteiger partial charge in [-0.2, -0.15) is 0 Å². The van der Waals surface area contributed by atoms with Crippen LogP contribution in [0, 0.1) is 18.8 Å². The molecule has 0 atom stereocenters. The third kappa shape index (κ3) is 2.33. The molecule has 1 aromatic heterocycles. The number of nitrogens with one attached hydrogen (secondary N) is 1. The van der Waals surface area contributed by atoms with Crippen LogP contribution in [0.4, 0.5) is 0 Å². The van der Waals surface area contributed by atoms with Crippen LogP contribution in [0.15, 0.2) is 0 Å². The highest BCUT2D eigenvalue weighted by Crippen LogP contribution is 2.30. The molecule has 1 N–H and O–H groups in total. The Hall–Kier alpha value is -0.830. The molecule has 1 aromatic rings. The molecule has 0 saturated heterocycles. The standard InChI is InChI=1S/C15H25N3/c1-11-3-5-13(6-4-11)10-18-12(2)17-14-9-16-8-7-15(14)18/h11,13,16H,3-10H2,1-2H3. The smallest absolute Gasteiger partial charge is 0.106 e. The number of nitrogens with zero attached hydrogens (tertiary/aromatic N) is 2. The van der Waals surface area contributed by atoms with E-state index >= 15 is 0 Å². The monoisotopic (exact) mass is 247 g/mol. The molecule has 3 rings (SSSR count). The van der Waals surface area contributed by atoms with Gasteiger partial charge in [0.15, 0.2) is 0 Å². The number of hydrogen-bond donors (Lipinski definition) is 1. The number of rotatable bonds is 2. The van der Waals surface area contributed by atoms with Crippen LogP contribution in [-0.4, -0.2) is 16.1 Å². The fourth-order valence-electron chi connectivity index (χ4n) is 3.52. The van der Waals surface area contributed by atoms with Gasteiger partial charge in [-0.1, -0.05) is 19.8 Å². The molecule has 3 nitrogen and oxygen atoms in total. The maximum Gasteiger partial charge on any atom is 0.106 e. The molecule has 3 heteroatoms. The number of aromatic nitrogens is 2. The molecule has 2 heterocycles. The number of fused-ring (bicyclic) bond motifs is 1. The molecule has 0 spiro atoms. The minimum atomic E-state index is 0.882. The SMILES string of the molecule is Cc1nc2c(n1CC1CCC(C)CC1)CCNC2. The molecule has 0 unspecified atom stereocenters. The van der Waals surface area contributed by atoms with Crippen LogP contribution in [0.3, 0.4) is 0 Å². The summed E-state index contributed by atoms with van der Waals surface area (Å²) in [6.45, 7) is 7.85. The highest BCUT2D eigenvalue weighted by molar-refractivity contribution is 5.19. The van der Waals surface area contributed by atoms with Crippen molar-refractivity contribution in [3.63, 3.8) is 0 Å². The summed E-state index contributed by atoms with van der Waals surface area (Å²) < 4.78 is 2.51. The van der Waals surface area contributed by atoms with E-state index in [0.29, 0.717) is 0 Å². The second kappa shape index (κ2) is 5.04. The summed E-state index contributed by atoms with van der Waals surface area (Å²) in [5.74, 6) is 3.05. The number of imidazole rings is 1. The van der Waals surface area contributed by atoms with Crippen LogP contribution < -0.4 is 5.32 Å². The van der Waals surface area contributed by atoms with Crippen LogP contribution in [-0.2, 0) is 19.5 Å². The van der Waals surface area contributed by atoms with Crippen molar-refractivity contribution in [3.05, 3.63) is 17.2 Å². The third-order valence-electron chi connectivity index (χ3n) is 4.75. The van der Waals surface area contributed by atoms with Gasteiger partial charge in [-0.05, 0) is 31.6 Å². The van der Waals surface area contributed by atoms with Gasteiger partial charge in [0.25, 0.3) is 0 Å². The summed E-state index contributed by atoms with van der Waals surface area (Å²) in [6.07, 6.45) is 6.81. The molecule has 1 saturated carbocycles. The lowest BCUT2D eigenvalue weighted by Gasteiger charge is -2.27. The van der Waals surface area contributed by atoms with E-state index in [0.717, 1.165) is 31.3 Å². The Kier molecular flexibility index (Phi) is 3.42. The molecule has 0 aromatic carbocycles. The van der Waals surface area contributed by atoms with Crippen LogP contribution >= 0.6 is 0 Å². The molecule has 0 bridgehead atoms. The third-order valence-corrected chi connectivity index (χ3v) is 4.75. The normalized spacial score (nSPS) is 28.1. The molecular formula is C15H25N3. The van der Waals surface area contributed by atoms with E-state index in [4.69, 9.17) is 4.98 Å². The first-order valence-corrected chi connectivity index (χ1v) is 7.49. The van der Waals surface area contributed by atoms with E-state index in [-0.39, 0.29) is 0 Å². The van der Waals surface area contributed by atoms with Gasteiger partial charge >= 0.3 is 0 Å². The second-order valence-corrected chi connectivity index (χ2v) is 6.22. The topological polar surface area (TPSA) is 29.9 Å². The summed E-state index contributed by atoms with van der Waals surface area (Å²) in [7, 11) is 0. The zero-order valence-corrected chi connectivity index (χ0v) is 11.7. The van der Waals surface area contributed by atoms with Crippen molar-refractivity contribution in [2.45, 2.75) is 59.0 Å². The Bertz CT molecular complexity index is 414. The number of hydrogen-bond acceptors (Lipinski definition) is 2. The summed E-state index contributed by atoms with van der Waals surface area (Å²) in [4.78, 5) is 4.73. The van der Waals surface area contributed by atoms with E-state index in [1.807, 2.05) is 0 Å². The van der Waals surface area contributed by atoms with Crippen molar-refractivity contribution in [1.29, 1.82) is 0 Å². The molecular weight excluding hydrogens is 222 g/mol. The maximum atomic E-state index is 4.73. The van der Waals surface area contributed by atoms with E-state index in [2.05, 4.69) is 23.7 Å². The van der Waals surface area contributed by atoms with Crippen LogP contribution in [0.25, 0.3) is 0 Å². The highest BCUT2D eigenvalue weighted by Gasteiger charge is 2.23.